The van der Waals surface area contributed by atoms with Crippen LogP contribution in [0.5, 0.6) is 5.75 Å². The van der Waals surface area contributed by atoms with Crippen molar-refractivity contribution in [3.63, 3.8) is 0 Å². The van der Waals surface area contributed by atoms with Gasteiger partial charge in [0.1, 0.15) is 16.2 Å². The molecule has 0 saturated heterocycles. The Morgan fingerprint density at radius 3 is 2.41 bits per heavy atom. The molecule has 0 fully saturated rings. The maximum Gasteiger partial charge on any atom is 0.343 e. The van der Waals surface area contributed by atoms with Crippen LogP contribution in [0.15, 0.2) is 47.4 Å². The van der Waals surface area contributed by atoms with Gasteiger partial charge in [0.25, 0.3) is 15.9 Å². The molecule has 1 aromatic heterocycles. The topological polar surface area (TPSA) is 108 Å². The Morgan fingerprint density at radius 2 is 1.79 bits per heavy atom. The molecule has 0 spiro atoms. The number of hydrogen-bond acceptors (Lipinski definition) is 7. The average molecular weight is 484 g/mol. The zero-order valence-electron chi connectivity index (χ0n) is 19.5. The van der Waals surface area contributed by atoms with Crippen molar-refractivity contribution in [2.45, 2.75) is 38.5 Å². The summed E-state index contributed by atoms with van der Waals surface area (Å²) in [5.74, 6) is -1.29. The maximum absolute atomic E-state index is 13.2. The van der Waals surface area contributed by atoms with Gasteiger partial charge < -0.3 is 9.47 Å². The number of hydrogen-bond donors (Lipinski definition) is 0. The van der Waals surface area contributed by atoms with Crippen LogP contribution in [0.4, 0.5) is 0 Å². The standard InChI is InChI=1S/C24H25N3O6S/c1-14(2)19-11-18(32-5)12-20-22(19)23(28)26(34(20,30)31)13-33-24(29)21-15(3)25-27(16(21)4)17-9-7-6-8-10-17/h6-12,14H,13H2,1-5H3. The zero-order chi connectivity index (χ0) is 24.8. The lowest BCUT2D eigenvalue weighted by atomic mass is 9.96. The molecule has 2 heterocycles. The number of aryl methyl sites for hydroxylation is 1. The summed E-state index contributed by atoms with van der Waals surface area (Å²) in [7, 11) is -2.79. The number of carbonyl (C=O) groups excluding carboxylic acids is 2. The Labute approximate surface area is 198 Å². The molecule has 0 saturated carbocycles. The summed E-state index contributed by atoms with van der Waals surface area (Å²) < 4.78 is 39.0. The van der Waals surface area contributed by atoms with Gasteiger partial charge in [-0.15, -0.1) is 0 Å². The minimum atomic E-state index is -4.21. The number of aromatic nitrogens is 2. The van der Waals surface area contributed by atoms with Crippen LogP contribution < -0.4 is 4.74 Å². The lowest BCUT2D eigenvalue weighted by Crippen LogP contribution is -2.33. The first kappa shape index (κ1) is 23.5. The van der Waals surface area contributed by atoms with Crippen molar-refractivity contribution >= 4 is 21.9 Å². The average Bonchev–Trinajstić information content (AvgIpc) is 3.21. The van der Waals surface area contributed by atoms with Crippen molar-refractivity contribution in [1.29, 1.82) is 0 Å². The molecule has 34 heavy (non-hydrogen) atoms. The summed E-state index contributed by atoms with van der Waals surface area (Å²) in [6.45, 7) is 6.35. The smallest absolute Gasteiger partial charge is 0.343 e. The Kier molecular flexibility index (Phi) is 5.94. The number of nitrogens with zero attached hydrogens (tertiary/aromatic N) is 3. The minimum Gasteiger partial charge on any atom is -0.497 e. The first-order valence-corrected chi connectivity index (χ1v) is 12.1. The number of carbonyl (C=O) groups is 2. The quantitative estimate of drug-likeness (QED) is 0.493. The second-order valence-electron chi connectivity index (χ2n) is 8.26. The molecule has 1 aliphatic heterocycles. The van der Waals surface area contributed by atoms with Gasteiger partial charge in [0.15, 0.2) is 6.73 Å². The number of esters is 1. The predicted molar refractivity (Wildman–Crippen MR) is 124 cm³/mol. The van der Waals surface area contributed by atoms with Crippen LogP contribution >= 0.6 is 0 Å². The van der Waals surface area contributed by atoms with Crippen LogP contribution in [0, 0.1) is 13.8 Å². The van der Waals surface area contributed by atoms with E-state index in [0.29, 0.717) is 27.0 Å². The number of fused-ring (bicyclic) bond motifs is 1. The van der Waals surface area contributed by atoms with E-state index in [4.69, 9.17) is 9.47 Å². The second-order valence-corrected chi connectivity index (χ2v) is 10.1. The van der Waals surface area contributed by atoms with E-state index in [0.717, 1.165) is 5.69 Å². The third-order valence-electron chi connectivity index (χ3n) is 5.78. The zero-order valence-corrected chi connectivity index (χ0v) is 20.3. The van der Waals surface area contributed by atoms with Crippen LogP contribution in [0.1, 0.15) is 57.4 Å². The highest BCUT2D eigenvalue weighted by atomic mass is 32.2. The van der Waals surface area contributed by atoms with Gasteiger partial charge in [-0.3, -0.25) is 4.79 Å². The molecule has 0 aliphatic carbocycles. The van der Waals surface area contributed by atoms with E-state index < -0.39 is 28.6 Å². The fourth-order valence-electron chi connectivity index (χ4n) is 4.04. The SMILES string of the molecule is COc1cc(C(C)C)c2c(c1)S(=O)(=O)N(COC(=O)c1c(C)nn(-c3ccccc3)c1C)C2=O. The van der Waals surface area contributed by atoms with E-state index >= 15 is 0 Å². The number of methoxy groups -OCH3 is 1. The van der Waals surface area contributed by atoms with Gasteiger partial charge in [-0.2, -0.15) is 9.40 Å². The van der Waals surface area contributed by atoms with Crippen molar-refractivity contribution < 1.29 is 27.5 Å². The first-order valence-electron chi connectivity index (χ1n) is 10.7. The largest absolute Gasteiger partial charge is 0.497 e. The molecule has 0 N–H and O–H groups in total. The Balaban J connectivity index is 1.62. The highest BCUT2D eigenvalue weighted by Gasteiger charge is 2.44. The van der Waals surface area contributed by atoms with Crippen LogP contribution in [-0.2, 0) is 14.8 Å². The van der Waals surface area contributed by atoms with E-state index in [2.05, 4.69) is 5.10 Å². The Bertz CT molecular complexity index is 1390. The summed E-state index contributed by atoms with van der Waals surface area (Å²) >= 11 is 0. The van der Waals surface area contributed by atoms with E-state index in [9.17, 15) is 18.0 Å². The van der Waals surface area contributed by atoms with Crippen molar-refractivity contribution in [3.8, 4) is 11.4 Å². The van der Waals surface area contributed by atoms with Crippen molar-refractivity contribution in [3.05, 3.63) is 70.5 Å². The molecule has 1 aliphatic rings. The summed E-state index contributed by atoms with van der Waals surface area (Å²) in [5, 5.41) is 4.41. The number of amides is 1. The molecule has 0 atom stereocenters. The fraction of sp³-hybridized carbons (Fsp3) is 0.292. The van der Waals surface area contributed by atoms with E-state index in [1.807, 2.05) is 44.2 Å². The molecule has 2 aromatic carbocycles. The van der Waals surface area contributed by atoms with Crippen LogP contribution in [-0.4, -0.2) is 48.2 Å². The lowest BCUT2D eigenvalue weighted by Gasteiger charge is -2.15. The van der Waals surface area contributed by atoms with Gasteiger partial charge in [-0.05, 0) is 43.5 Å². The number of sulfonamides is 1. The summed E-state index contributed by atoms with van der Waals surface area (Å²) in [4.78, 5) is 25.9. The molecule has 9 nitrogen and oxygen atoms in total. The van der Waals surface area contributed by atoms with Gasteiger partial charge >= 0.3 is 5.97 Å². The predicted octanol–water partition coefficient (Wildman–Crippen LogP) is 3.58. The van der Waals surface area contributed by atoms with Gasteiger partial charge in [0.2, 0.25) is 0 Å². The highest BCUT2D eigenvalue weighted by Crippen LogP contribution is 2.38. The summed E-state index contributed by atoms with van der Waals surface area (Å²) in [5.41, 5.74) is 2.58. The molecule has 0 radical (unpaired) electrons. The van der Waals surface area contributed by atoms with E-state index in [1.165, 1.54) is 13.2 Å². The van der Waals surface area contributed by atoms with E-state index in [-0.39, 0.29) is 21.9 Å². The number of benzene rings is 2. The third kappa shape index (κ3) is 3.73. The number of para-hydroxylation sites is 1. The van der Waals surface area contributed by atoms with Crippen molar-refractivity contribution in [2.24, 2.45) is 0 Å². The molecular formula is C24H25N3O6S. The number of ether oxygens (including phenoxy) is 2. The molecule has 0 unspecified atom stereocenters. The van der Waals surface area contributed by atoms with Crippen LogP contribution in [0.25, 0.3) is 5.69 Å². The molecule has 178 valence electrons. The van der Waals surface area contributed by atoms with Gasteiger partial charge in [0.05, 0.1) is 29.7 Å². The molecule has 3 aromatic rings. The normalized spacial score (nSPS) is 14.4. The maximum atomic E-state index is 13.2. The van der Waals surface area contributed by atoms with Crippen LogP contribution in [0.3, 0.4) is 0 Å². The first-order chi connectivity index (χ1) is 16.1. The minimum absolute atomic E-state index is 0.0797. The second kappa shape index (κ2) is 8.60. The molecule has 10 heteroatoms. The summed E-state index contributed by atoms with van der Waals surface area (Å²) in [6.07, 6.45) is 0. The van der Waals surface area contributed by atoms with Crippen molar-refractivity contribution in [2.75, 3.05) is 13.8 Å². The van der Waals surface area contributed by atoms with Crippen molar-refractivity contribution in [1.82, 2.24) is 14.1 Å². The van der Waals surface area contributed by atoms with E-state index in [1.54, 1.807) is 24.6 Å². The molecule has 0 bridgehead atoms. The van der Waals surface area contributed by atoms with Gasteiger partial charge in [-0.25, -0.2) is 17.9 Å². The molecule has 1 amide bonds. The summed E-state index contributed by atoms with van der Waals surface area (Å²) in [6, 6.07) is 12.2. The van der Waals surface area contributed by atoms with Gasteiger partial charge in [0, 0.05) is 6.07 Å². The highest BCUT2D eigenvalue weighted by molar-refractivity contribution is 7.90. The Hall–Kier alpha value is -3.66. The Morgan fingerprint density at radius 1 is 1.12 bits per heavy atom. The fourth-order valence-corrected chi connectivity index (χ4v) is 5.51. The van der Waals surface area contributed by atoms with Gasteiger partial charge in [-0.1, -0.05) is 32.0 Å². The van der Waals surface area contributed by atoms with Crippen LogP contribution in [0.2, 0.25) is 0 Å². The number of rotatable bonds is 6. The third-order valence-corrected chi connectivity index (χ3v) is 7.51. The monoisotopic (exact) mass is 483 g/mol. The molecular weight excluding hydrogens is 458 g/mol. The lowest BCUT2D eigenvalue weighted by molar-refractivity contribution is 0.0356. The molecule has 4 rings (SSSR count).